The summed E-state index contributed by atoms with van der Waals surface area (Å²) in [6.07, 6.45) is 1.02. The van der Waals surface area contributed by atoms with E-state index in [1.165, 1.54) is 0 Å². The van der Waals surface area contributed by atoms with Gasteiger partial charge in [0.25, 0.3) is 0 Å². The fraction of sp³-hybridized carbons (Fsp3) is 0.647. The average Bonchev–Trinajstić information content (AvgIpc) is 2.25. The Morgan fingerprint density at radius 3 is 2.30 bits per heavy atom. The van der Waals surface area contributed by atoms with Gasteiger partial charge in [-0.15, -0.1) is 0 Å². The summed E-state index contributed by atoms with van der Waals surface area (Å²) in [6, 6.07) is 5.85. The summed E-state index contributed by atoms with van der Waals surface area (Å²) < 4.78 is 5.93. The molecule has 3 heteroatoms. The molecule has 0 fully saturated rings. The molecule has 1 aromatic rings. The van der Waals surface area contributed by atoms with Gasteiger partial charge in [0.15, 0.2) is 0 Å². The van der Waals surface area contributed by atoms with Crippen molar-refractivity contribution in [2.75, 3.05) is 6.61 Å². The number of ether oxygens (including phenoxy) is 1. The van der Waals surface area contributed by atoms with Gasteiger partial charge in [-0.25, -0.2) is 0 Å². The minimum atomic E-state index is 0.0574. The Bertz CT molecular complexity index is 430. The maximum absolute atomic E-state index is 6.31. The van der Waals surface area contributed by atoms with E-state index in [0.717, 1.165) is 22.8 Å². The fourth-order valence-corrected chi connectivity index (χ4v) is 1.90. The van der Waals surface area contributed by atoms with Crippen molar-refractivity contribution < 1.29 is 4.74 Å². The van der Waals surface area contributed by atoms with E-state index in [1.807, 2.05) is 18.2 Å². The third kappa shape index (κ3) is 6.62. The Morgan fingerprint density at radius 2 is 1.75 bits per heavy atom. The minimum Gasteiger partial charge on any atom is -0.493 e. The molecule has 1 aromatic carbocycles. The van der Waals surface area contributed by atoms with Crippen LogP contribution in [0.4, 0.5) is 0 Å². The molecule has 0 amide bonds. The first kappa shape index (κ1) is 17.3. The molecule has 1 N–H and O–H groups in total. The summed E-state index contributed by atoms with van der Waals surface area (Å²) in [5, 5.41) is 4.22. The Labute approximate surface area is 128 Å². The molecule has 2 nitrogen and oxygen atoms in total. The Balaban J connectivity index is 2.73. The van der Waals surface area contributed by atoms with Crippen LogP contribution in [0.2, 0.25) is 5.02 Å². The highest BCUT2D eigenvalue weighted by atomic mass is 35.5. The molecule has 0 aliphatic carbocycles. The fourth-order valence-electron chi connectivity index (χ4n) is 1.67. The first-order valence-corrected chi connectivity index (χ1v) is 7.61. The van der Waals surface area contributed by atoms with Gasteiger partial charge in [0.05, 0.1) is 6.61 Å². The number of nitrogens with one attached hydrogen (secondary N) is 1. The van der Waals surface area contributed by atoms with Crippen LogP contribution in [0.25, 0.3) is 0 Å². The number of benzene rings is 1. The van der Waals surface area contributed by atoms with Crippen LogP contribution in [0.5, 0.6) is 5.75 Å². The van der Waals surface area contributed by atoms with E-state index in [2.05, 4.69) is 46.9 Å². The number of hydrogen-bond acceptors (Lipinski definition) is 2. The summed E-state index contributed by atoms with van der Waals surface area (Å²) in [5.74, 6) is 0.888. The van der Waals surface area contributed by atoms with E-state index in [4.69, 9.17) is 16.3 Å². The first-order chi connectivity index (χ1) is 9.08. The highest BCUT2D eigenvalue weighted by molar-refractivity contribution is 6.31. The van der Waals surface area contributed by atoms with Crippen LogP contribution in [0, 0.1) is 5.41 Å². The van der Waals surface area contributed by atoms with E-state index < -0.39 is 0 Å². The van der Waals surface area contributed by atoms with Gasteiger partial charge in [-0.3, -0.25) is 0 Å². The van der Waals surface area contributed by atoms with E-state index >= 15 is 0 Å². The van der Waals surface area contributed by atoms with Crippen molar-refractivity contribution in [2.24, 2.45) is 5.41 Å². The lowest BCUT2D eigenvalue weighted by atomic mass is 9.93. The molecule has 0 aliphatic rings. The zero-order valence-corrected chi connectivity index (χ0v) is 14.4. The molecule has 0 aromatic heterocycles. The summed E-state index contributed by atoms with van der Waals surface area (Å²) in [4.78, 5) is 0. The predicted molar refractivity (Wildman–Crippen MR) is 87.6 cm³/mol. The second-order valence-corrected chi connectivity index (χ2v) is 7.89. The van der Waals surface area contributed by atoms with Gasteiger partial charge in [0, 0.05) is 22.7 Å². The summed E-state index contributed by atoms with van der Waals surface area (Å²) in [5.41, 5.74) is 1.38. The molecule has 0 unspecified atom stereocenters. The molecular formula is C17H28ClNO. The standard InChI is InChI=1S/C17H28ClNO/c1-16(2,3)10-11-20-15-9-7-8-14(18)13(15)12-19-17(4,5)6/h7-9,19H,10-12H2,1-6H3. The van der Waals surface area contributed by atoms with Gasteiger partial charge >= 0.3 is 0 Å². The highest BCUT2D eigenvalue weighted by Crippen LogP contribution is 2.28. The normalized spacial score (nSPS) is 12.6. The molecule has 0 atom stereocenters. The lowest BCUT2D eigenvalue weighted by Crippen LogP contribution is -2.35. The van der Waals surface area contributed by atoms with Crippen molar-refractivity contribution in [2.45, 2.75) is 60.0 Å². The Kier molecular flexibility index (Phi) is 5.91. The summed E-state index contributed by atoms with van der Waals surface area (Å²) in [7, 11) is 0. The number of hydrogen-bond donors (Lipinski definition) is 1. The van der Waals surface area contributed by atoms with Gasteiger partial charge in [-0.2, -0.15) is 0 Å². The molecular weight excluding hydrogens is 270 g/mol. The van der Waals surface area contributed by atoms with Crippen molar-refractivity contribution in [1.82, 2.24) is 5.32 Å². The third-order valence-electron chi connectivity index (χ3n) is 2.98. The molecule has 0 saturated carbocycles. The zero-order valence-electron chi connectivity index (χ0n) is 13.6. The number of halogens is 1. The van der Waals surface area contributed by atoms with Crippen LogP contribution in [0.1, 0.15) is 53.5 Å². The molecule has 0 heterocycles. The van der Waals surface area contributed by atoms with Crippen molar-refractivity contribution in [3.05, 3.63) is 28.8 Å². The average molecular weight is 298 g/mol. The maximum atomic E-state index is 6.31. The van der Waals surface area contributed by atoms with Gasteiger partial charge in [0.2, 0.25) is 0 Å². The van der Waals surface area contributed by atoms with Crippen molar-refractivity contribution in [1.29, 1.82) is 0 Å². The van der Waals surface area contributed by atoms with Crippen LogP contribution in [0.15, 0.2) is 18.2 Å². The van der Waals surface area contributed by atoms with Crippen LogP contribution in [-0.4, -0.2) is 12.1 Å². The van der Waals surface area contributed by atoms with Crippen LogP contribution >= 0.6 is 11.6 Å². The first-order valence-electron chi connectivity index (χ1n) is 7.24. The lowest BCUT2D eigenvalue weighted by Gasteiger charge is -2.23. The largest absolute Gasteiger partial charge is 0.493 e. The number of rotatable bonds is 5. The van der Waals surface area contributed by atoms with E-state index in [9.17, 15) is 0 Å². The lowest BCUT2D eigenvalue weighted by molar-refractivity contribution is 0.240. The van der Waals surface area contributed by atoms with Crippen molar-refractivity contribution in [3.8, 4) is 5.75 Å². The highest BCUT2D eigenvalue weighted by Gasteiger charge is 2.15. The zero-order chi connectivity index (χ0) is 15.4. The second-order valence-electron chi connectivity index (χ2n) is 7.48. The smallest absolute Gasteiger partial charge is 0.125 e. The van der Waals surface area contributed by atoms with E-state index in [-0.39, 0.29) is 11.0 Å². The Hall–Kier alpha value is -0.730. The van der Waals surface area contributed by atoms with Crippen molar-refractivity contribution >= 4 is 11.6 Å². The van der Waals surface area contributed by atoms with Gasteiger partial charge in [0.1, 0.15) is 5.75 Å². The van der Waals surface area contributed by atoms with E-state index in [0.29, 0.717) is 13.2 Å². The summed E-state index contributed by atoms with van der Waals surface area (Å²) >= 11 is 6.31. The second kappa shape index (κ2) is 6.82. The molecule has 0 bridgehead atoms. The topological polar surface area (TPSA) is 21.3 Å². The SMILES string of the molecule is CC(C)(C)CCOc1cccc(Cl)c1CNC(C)(C)C. The molecule has 0 saturated heterocycles. The molecule has 20 heavy (non-hydrogen) atoms. The quantitative estimate of drug-likeness (QED) is 0.822. The van der Waals surface area contributed by atoms with Gasteiger partial charge in [-0.05, 0) is 44.7 Å². The third-order valence-corrected chi connectivity index (χ3v) is 3.34. The van der Waals surface area contributed by atoms with Gasteiger partial charge < -0.3 is 10.1 Å². The molecule has 0 radical (unpaired) electrons. The van der Waals surface area contributed by atoms with Crippen LogP contribution in [-0.2, 0) is 6.54 Å². The maximum Gasteiger partial charge on any atom is 0.125 e. The summed E-state index contributed by atoms with van der Waals surface area (Å²) in [6.45, 7) is 14.5. The van der Waals surface area contributed by atoms with Gasteiger partial charge in [-0.1, -0.05) is 38.4 Å². The minimum absolute atomic E-state index is 0.0574. The van der Waals surface area contributed by atoms with Crippen LogP contribution < -0.4 is 10.1 Å². The molecule has 1 rings (SSSR count). The van der Waals surface area contributed by atoms with Crippen LogP contribution in [0.3, 0.4) is 0 Å². The Morgan fingerprint density at radius 1 is 1.10 bits per heavy atom. The van der Waals surface area contributed by atoms with E-state index in [1.54, 1.807) is 0 Å². The molecule has 114 valence electrons. The molecule has 0 aliphatic heterocycles. The predicted octanol–water partition coefficient (Wildman–Crippen LogP) is 5.04. The molecule has 0 spiro atoms. The van der Waals surface area contributed by atoms with Crippen molar-refractivity contribution in [3.63, 3.8) is 0 Å². The monoisotopic (exact) mass is 297 g/mol.